The number of carbonyl (C=O) groups excluding carboxylic acids is 1. The standard InChI is InChI=1S/C28H30N4O3S2/c1-19-10-13-31(14-11-19)37(34,35)24-8-6-23(7-9-24)27(33)32(18-22-5-4-12-29-17-22)28-30-25-15-20(2)21(3)16-26(25)36-28/h4-9,12,15-17,19H,10-11,13-14,18H2,1-3H3. The fourth-order valence-corrected chi connectivity index (χ4v) is 7.00. The second-order valence-corrected chi connectivity index (χ2v) is 12.7. The van der Waals surface area contributed by atoms with E-state index in [-0.39, 0.29) is 10.8 Å². The lowest BCUT2D eigenvalue weighted by Crippen LogP contribution is -2.37. The number of hydrogen-bond donors (Lipinski definition) is 0. The zero-order chi connectivity index (χ0) is 26.2. The van der Waals surface area contributed by atoms with Crippen LogP contribution in [0.4, 0.5) is 5.13 Å². The maximum absolute atomic E-state index is 13.8. The molecule has 37 heavy (non-hydrogen) atoms. The molecule has 1 saturated heterocycles. The van der Waals surface area contributed by atoms with Gasteiger partial charge < -0.3 is 0 Å². The fourth-order valence-electron chi connectivity index (χ4n) is 4.48. The molecular weight excluding hydrogens is 504 g/mol. The van der Waals surface area contributed by atoms with E-state index in [4.69, 9.17) is 4.98 Å². The molecule has 1 amide bonds. The first-order chi connectivity index (χ1) is 17.7. The van der Waals surface area contributed by atoms with E-state index >= 15 is 0 Å². The summed E-state index contributed by atoms with van der Waals surface area (Å²) in [4.78, 5) is 24.6. The van der Waals surface area contributed by atoms with Gasteiger partial charge in [-0.2, -0.15) is 4.31 Å². The molecule has 3 heterocycles. The van der Waals surface area contributed by atoms with Crippen molar-refractivity contribution in [3.63, 3.8) is 0 Å². The number of hydrogen-bond acceptors (Lipinski definition) is 6. The molecule has 192 valence electrons. The molecule has 2 aromatic heterocycles. The van der Waals surface area contributed by atoms with Crippen LogP contribution in [-0.2, 0) is 16.6 Å². The highest BCUT2D eigenvalue weighted by Gasteiger charge is 2.29. The molecule has 0 spiro atoms. The van der Waals surface area contributed by atoms with Crippen LogP contribution in [0.25, 0.3) is 10.2 Å². The van der Waals surface area contributed by atoms with Crippen LogP contribution in [0.3, 0.4) is 0 Å². The first kappa shape index (κ1) is 25.5. The van der Waals surface area contributed by atoms with Crippen molar-refractivity contribution < 1.29 is 13.2 Å². The van der Waals surface area contributed by atoms with Crippen LogP contribution in [0.1, 0.15) is 46.8 Å². The second-order valence-electron chi connectivity index (χ2n) is 9.76. The molecule has 0 radical (unpaired) electrons. The Balaban J connectivity index is 1.46. The first-order valence-electron chi connectivity index (χ1n) is 12.4. The van der Waals surface area contributed by atoms with Gasteiger partial charge in [-0.1, -0.05) is 24.3 Å². The van der Waals surface area contributed by atoms with Crippen LogP contribution in [0, 0.1) is 19.8 Å². The number of pyridine rings is 1. The Bertz CT molecular complexity index is 1490. The van der Waals surface area contributed by atoms with Crippen LogP contribution >= 0.6 is 11.3 Å². The quantitative estimate of drug-likeness (QED) is 0.323. The Kier molecular flexibility index (Phi) is 7.11. The van der Waals surface area contributed by atoms with Crippen LogP contribution < -0.4 is 4.90 Å². The molecule has 0 unspecified atom stereocenters. The summed E-state index contributed by atoms with van der Waals surface area (Å²) in [5, 5.41) is 0.591. The smallest absolute Gasteiger partial charge is 0.260 e. The van der Waals surface area contributed by atoms with Crippen molar-refractivity contribution in [2.75, 3.05) is 18.0 Å². The van der Waals surface area contributed by atoms with E-state index < -0.39 is 10.0 Å². The average Bonchev–Trinajstić information content (AvgIpc) is 3.30. The van der Waals surface area contributed by atoms with Gasteiger partial charge in [-0.05, 0) is 91.8 Å². The number of thiazole rings is 1. The summed E-state index contributed by atoms with van der Waals surface area (Å²) in [5.74, 6) is 0.291. The third kappa shape index (κ3) is 5.30. The Morgan fingerprint density at radius 3 is 2.46 bits per heavy atom. The molecule has 2 aromatic carbocycles. The van der Waals surface area contributed by atoms with E-state index in [0.717, 1.165) is 34.2 Å². The van der Waals surface area contributed by atoms with E-state index in [0.29, 0.717) is 36.2 Å². The molecule has 1 aliphatic rings. The van der Waals surface area contributed by atoms with Crippen LogP contribution in [0.15, 0.2) is 65.8 Å². The number of fused-ring (bicyclic) bond motifs is 1. The molecule has 7 nitrogen and oxygen atoms in total. The Morgan fingerprint density at radius 2 is 1.78 bits per heavy atom. The SMILES string of the molecule is Cc1cc2nc(N(Cc3cccnc3)C(=O)c3ccc(S(=O)(=O)N4CCC(C)CC4)cc3)sc2cc1C. The number of sulfonamides is 1. The number of rotatable bonds is 6. The zero-order valence-electron chi connectivity index (χ0n) is 21.2. The van der Waals surface area contributed by atoms with Gasteiger partial charge in [0.25, 0.3) is 5.91 Å². The van der Waals surface area contributed by atoms with Crippen LogP contribution in [-0.4, -0.2) is 41.7 Å². The van der Waals surface area contributed by atoms with Crippen LogP contribution in [0.2, 0.25) is 0 Å². The lowest BCUT2D eigenvalue weighted by molar-refractivity contribution is 0.0985. The summed E-state index contributed by atoms with van der Waals surface area (Å²) in [6.45, 7) is 7.62. The summed E-state index contributed by atoms with van der Waals surface area (Å²) in [7, 11) is -3.58. The normalized spacial score (nSPS) is 15.2. The van der Waals surface area contributed by atoms with Gasteiger partial charge in [-0.25, -0.2) is 13.4 Å². The summed E-state index contributed by atoms with van der Waals surface area (Å²) in [6, 6.07) is 14.2. The molecule has 0 aliphatic carbocycles. The lowest BCUT2D eigenvalue weighted by atomic mass is 10.0. The minimum Gasteiger partial charge on any atom is -0.279 e. The summed E-state index contributed by atoms with van der Waals surface area (Å²) in [5.41, 5.74) is 4.45. The molecule has 0 saturated carbocycles. The van der Waals surface area contributed by atoms with Crippen molar-refractivity contribution in [3.05, 3.63) is 83.2 Å². The van der Waals surface area contributed by atoms with Gasteiger partial charge in [0, 0.05) is 31.0 Å². The molecule has 0 N–H and O–H groups in total. The van der Waals surface area contributed by atoms with Crippen molar-refractivity contribution >= 4 is 42.6 Å². The number of anilines is 1. The topological polar surface area (TPSA) is 83.5 Å². The highest BCUT2D eigenvalue weighted by atomic mass is 32.2. The highest BCUT2D eigenvalue weighted by molar-refractivity contribution is 7.89. The number of carbonyl (C=O) groups is 1. The van der Waals surface area contributed by atoms with E-state index in [9.17, 15) is 13.2 Å². The van der Waals surface area contributed by atoms with Gasteiger partial charge in [0.15, 0.2) is 5.13 Å². The number of aromatic nitrogens is 2. The van der Waals surface area contributed by atoms with Crippen molar-refractivity contribution in [2.24, 2.45) is 5.92 Å². The highest BCUT2D eigenvalue weighted by Crippen LogP contribution is 2.33. The third-order valence-corrected chi connectivity index (χ3v) is 9.97. The maximum atomic E-state index is 13.8. The third-order valence-electron chi connectivity index (χ3n) is 7.01. The molecule has 1 fully saturated rings. The molecule has 0 atom stereocenters. The van der Waals surface area contributed by atoms with Crippen LogP contribution in [0.5, 0.6) is 0 Å². The second kappa shape index (κ2) is 10.3. The van der Waals surface area contributed by atoms with Gasteiger partial charge in [0.05, 0.1) is 21.7 Å². The largest absolute Gasteiger partial charge is 0.279 e. The minimum absolute atomic E-state index is 0.211. The summed E-state index contributed by atoms with van der Waals surface area (Å²) in [6.07, 6.45) is 5.15. The van der Waals surface area contributed by atoms with Gasteiger partial charge in [0.2, 0.25) is 10.0 Å². The van der Waals surface area contributed by atoms with Gasteiger partial charge in [-0.15, -0.1) is 0 Å². The van der Waals surface area contributed by atoms with Crippen molar-refractivity contribution in [2.45, 2.75) is 45.1 Å². The van der Waals surface area contributed by atoms with E-state index in [1.54, 1.807) is 33.7 Å². The number of nitrogens with zero attached hydrogens (tertiary/aromatic N) is 4. The summed E-state index contributed by atoms with van der Waals surface area (Å²) >= 11 is 1.47. The van der Waals surface area contributed by atoms with Crippen molar-refractivity contribution in [1.29, 1.82) is 0 Å². The molecule has 0 bridgehead atoms. The van der Waals surface area contributed by atoms with E-state index in [1.165, 1.54) is 29.0 Å². The number of amides is 1. The molecule has 5 rings (SSSR count). The number of piperidine rings is 1. The zero-order valence-corrected chi connectivity index (χ0v) is 22.8. The first-order valence-corrected chi connectivity index (χ1v) is 14.7. The molecule has 9 heteroatoms. The Morgan fingerprint density at radius 1 is 1.08 bits per heavy atom. The molecule has 4 aromatic rings. The predicted molar refractivity (Wildman–Crippen MR) is 147 cm³/mol. The maximum Gasteiger partial charge on any atom is 0.260 e. The Hall–Kier alpha value is -3.14. The van der Waals surface area contributed by atoms with Gasteiger partial charge in [0.1, 0.15) is 0 Å². The summed E-state index contributed by atoms with van der Waals surface area (Å²) < 4.78 is 28.8. The minimum atomic E-state index is -3.58. The predicted octanol–water partition coefficient (Wildman–Crippen LogP) is 5.58. The van der Waals surface area contributed by atoms with Crippen molar-refractivity contribution in [1.82, 2.24) is 14.3 Å². The fraction of sp³-hybridized carbons (Fsp3) is 0.321. The van der Waals surface area contributed by atoms with E-state index in [1.807, 2.05) is 25.1 Å². The van der Waals surface area contributed by atoms with E-state index in [2.05, 4.69) is 24.9 Å². The Labute approximate surface area is 221 Å². The lowest BCUT2D eigenvalue weighted by Gasteiger charge is -2.29. The van der Waals surface area contributed by atoms with Gasteiger partial charge >= 0.3 is 0 Å². The van der Waals surface area contributed by atoms with Gasteiger partial charge in [-0.3, -0.25) is 14.7 Å². The average molecular weight is 535 g/mol. The number of benzene rings is 2. The molecule has 1 aliphatic heterocycles. The monoisotopic (exact) mass is 534 g/mol. The number of aryl methyl sites for hydroxylation is 2. The molecular formula is C28H30N4O3S2. The van der Waals surface area contributed by atoms with Crippen molar-refractivity contribution in [3.8, 4) is 0 Å².